The van der Waals surface area contributed by atoms with Gasteiger partial charge in [-0.25, -0.2) is 0 Å². The van der Waals surface area contributed by atoms with Crippen molar-refractivity contribution in [3.05, 3.63) is 65.7 Å². The summed E-state index contributed by atoms with van der Waals surface area (Å²) in [4.78, 5) is 38.3. The van der Waals surface area contributed by atoms with Crippen molar-refractivity contribution in [3.8, 4) is 5.75 Å². The summed E-state index contributed by atoms with van der Waals surface area (Å²) in [6.45, 7) is 0.418. The molecule has 3 rings (SSSR count). The lowest BCUT2D eigenvalue weighted by atomic mass is 10.1. The number of amides is 1. The van der Waals surface area contributed by atoms with E-state index in [1.807, 2.05) is 30.3 Å². The highest BCUT2D eigenvalue weighted by molar-refractivity contribution is 5.98. The molecule has 0 N–H and O–H groups in total. The van der Waals surface area contributed by atoms with Gasteiger partial charge >= 0.3 is 5.97 Å². The van der Waals surface area contributed by atoms with Crippen LogP contribution in [-0.2, 0) is 20.9 Å². The zero-order chi connectivity index (χ0) is 19.2. The molecular formula is C21H21NO5. The molecule has 1 atom stereocenters. The Kier molecular flexibility index (Phi) is 5.86. The monoisotopic (exact) mass is 367 g/mol. The molecule has 140 valence electrons. The first-order valence-electron chi connectivity index (χ1n) is 8.72. The maximum atomic E-state index is 12.3. The first-order chi connectivity index (χ1) is 13.1. The highest BCUT2D eigenvalue weighted by Crippen LogP contribution is 2.21. The van der Waals surface area contributed by atoms with E-state index < -0.39 is 11.9 Å². The lowest BCUT2D eigenvalue weighted by Crippen LogP contribution is -2.27. The van der Waals surface area contributed by atoms with Crippen LogP contribution >= 0.6 is 0 Å². The van der Waals surface area contributed by atoms with E-state index in [-0.39, 0.29) is 24.7 Å². The van der Waals surface area contributed by atoms with Crippen LogP contribution in [0.2, 0.25) is 0 Å². The van der Waals surface area contributed by atoms with Gasteiger partial charge in [0.2, 0.25) is 5.91 Å². The first kappa shape index (κ1) is 18.6. The van der Waals surface area contributed by atoms with E-state index >= 15 is 0 Å². The van der Waals surface area contributed by atoms with Crippen LogP contribution in [0.4, 0.5) is 0 Å². The van der Waals surface area contributed by atoms with Gasteiger partial charge in [-0.3, -0.25) is 14.4 Å². The molecule has 1 aliphatic rings. The van der Waals surface area contributed by atoms with E-state index in [9.17, 15) is 14.4 Å². The van der Waals surface area contributed by atoms with Gasteiger partial charge < -0.3 is 14.4 Å². The number of ether oxygens (including phenoxy) is 2. The van der Waals surface area contributed by atoms with Crippen molar-refractivity contribution in [1.82, 2.24) is 4.90 Å². The largest absolute Gasteiger partial charge is 0.497 e. The number of methoxy groups -OCH3 is 1. The molecule has 0 bridgehead atoms. The second-order valence-corrected chi connectivity index (χ2v) is 6.42. The summed E-state index contributed by atoms with van der Waals surface area (Å²) in [5.41, 5.74) is 1.42. The minimum absolute atomic E-state index is 0.0834. The van der Waals surface area contributed by atoms with Gasteiger partial charge in [-0.05, 0) is 17.7 Å². The number of carbonyl (C=O) groups excluding carboxylic acids is 3. The van der Waals surface area contributed by atoms with Crippen LogP contribution in [0.5, 0.6) is 5.75 Å². The van der Waals surface area contributed by atoms with E-state index in [1.165, 1.54) is 7.11 Å². The maximum absolute atomic E-state index is 12.3. The van der Waals surface area contributed by atoms with Crippen molar-refractivity contribution in [3.63, 3.8) is 0 Å². The molecule has 1 fully saturated rings. The summed E-state index contributed by atoms with van der Waals surface area (Å²) < 4.78 is 10.2. The van der Waals surface area contributed by atoms with Crippen molar-refractivity contribution in [2.75, 3.05) is 20.3 Å². The summed E-state index contributed by atoms with van der Waals surface area (Å²) in [7, 11) is 1.52. The van der Waals surface area contributed by atoms with Gasteiger partial charge in [-0.2, -0.15) is 0 Å². The maximum Gasteiger partial charge on any atom is 0.311 e. The van der Waals surface area contributed by atoms with Gasteiger partial charge in [0, 0.05) is 25.1 Å². The molecule has 1 aliphatic heterocycles. The van der Waals surface area contributed by atoms with Crippen molar-refractivity contribution < 1.29 is 23.9 Å². The third-order valence-electron chi connectivity index (χ3n) is 4.50. The van der Waals surface area contributed by atoms with Crippen molar-refractivity contribution in [2.45, 2.75) is 13.0 Å². The molecule has 1 amide bonds. The van der Waals surface area contributed by atoms with Crippen molar-refractivity contribution in [1.29, 1.82) is 0 Å². The summed E-state index contributed by atoms with van der Waals surface area (Å²) in [5.74, 6) is -0.896. The molecule has 6 nitrogen and oxygen atoms in total. The number of hydrogen-bond acceptors (Lipinski definition) is 5. The minimum atomic E-state index is -0.542. The van der Waals surface area contributed by atoms with Gasteiger partial charge in [0.05, 0.1) is 13.0 Å². The van der Waals surface area contributed by atoms with Gasteiger partial charge in [-0.1, -0.05) is 42.5 Å². The van der Waals surface area contributed by atoms with Crippen molar-refractivity contribution in [2.24, 2.45) is 5.92 Å². The zero-order valence-corrected chi connectivity index (χ0v) is 15.1. The number of Topliss-reactive ketones (excluding diaryl/α,β-unsaturated/α-hetero) is 1. The molecule has 0 aromatic heterocycles. The summed E-state index contributed by atoms with van der Waals surface area (Å²) in [5, 5.41) is 0. The molecule has 1 heterocycles. The Hall–Kier alpha value is -3.15. The first-order valence-corrected chi connectivity index (χ1v) is 8.72. The third kappa shape index (κ3) is 4.73. The Morgan fingerprint density at radius 3 is 2.63 bits per heavy atom. The molecular weight excluding hydrogens is 346 g/mol. The standard InChI is InChI=1S/C21H21NO5/c1-26-18-9-5-8-16(10-18)19(23)14-27-21(25)17-11-20(24)22(13-17)12-15-6-3-2-4-7-15/h2-10,17H,11-14H2,1H3/t17-/m0/s1. The Bertz CT molecular complexity index is 833. The fourth-order valence-corrected chi connectivity index (χ4v) is 3.02. The van der Waals surface area contributed by atoms with Crippen LogP contribution in [0.1, 0.15) is 22.3 Å². The Balaban J connectivity index is 1.52. The predicted molar refractivity (Wildman–Crippen MR) is 98.2 cm³/mol. The van der Waals surface area contributed by atoms with Crippen LogP contribution in [0.25, 0.3) is 0 Å². The fraction of sp³-hybridized carbons (Fsp3) is 0.286. The quantitative estimate of drug-likeness (QED) is 0.555. The molecule has 0 spiro atoms. The number of hydrogen-bond donors (Lipinski definition) is 0. The Morgan fingerprint density at radius 1 is 1.11 bits per heavy atom. The van der Waals surface area contributed by atoms with Crippen LogP contribution < -0.4 is 4.74 Å². The van der Waals surface area contributed by atoms with E-state index in [4.69, 9.17) is 9.47 Å². The molecule has 2 aromatic rings. The second kappa shape index (κ2) is 8.49. The zero-order valence-electron chi connectivity index (χ0n) is 15.1. The SMILES string of the molecule is COc1cccc(C(=O)COC(=O)[C@H]2CC(=O)N(Cc3ccccc3)C2)c1. The third-order valence-corrected chi connectivity index (χ3v) is 4.50. The van der Waals surface area contributed by atoms with Crippen LogP contribution in [-0.4, -0.2) is 42.8 Å². The number of ketones is 1. The number of likely N-dealkylation sites (tertiary alicyclic amines) is 1. The molecule has 0 unspecified atom stereocenters. The predicted octanol–water partition coefficient (Wildman–Crippen LogP) is 2.47. The lowest BCUT2D eigenvalue weighted by Gasteiger charge is -2.16. The van der Waals surface area contributed by atoms with Crippen LogP contribution in [0, 0.1) is 5.92 Å². The highest BCUT2D eigenvalue weighted by atomic mass is 16.5. The van der Waals surface area contributed by atoms with E-state index in [1.54, 1.807) is 29.2 Å². The number of benzene rings is 2. The molecule has 27 heavy (non-hydrogen) atoms. The fourth-order valence-electron chi connectivity index (χ4n) is 3.02. The lowest BCUT2D eigenvalue weighted by molar-refractivity contribution is -0.147. The molecule has 1 saturated heterocycles. The number of esters is 1. The smallest absolute Gasteiger partial charge is 0.311 e. The van der Waals surface area contributed by atoms with Gasteiger partial charge in [0.15, 0.2) is 12.4 Å². The molecule has 6 heteroatoms. The summed E-state index contributed by atoms with van der Waals surface area (Å²) in [6.07, 6.45) is 0.110. The van der Waals surface area contributed by atoms with E-state index in [0.717, 1.165) is 5.56 Å². The normalized spacial score (nSPS) is 16.3. The van der Waals surface area contributed by atoms with Crippen LogP contribution in [0.3, 0.4) is 0 Å². The minimum Gasteiger partial charge on any atom is -0.497 e. The molecule has 0 aliphatic carbocycles. The van der Waals surface area contributed by atoms with E-state index in [2.05, 4.69) is 0 Å². The number of rotatable bonds is 7. The number of carbonyl (C=O) groups is 3. The summed E-state index contributed by atoms with van der Waals surface area (Å²) in [6, 6.07) is 16.3. The average molecular weight is 367 g/mol. The van der Waals surface area contributed by atoms with Crippen molar-refractivity contribution >= 4 is 17.7 Å². The summed E-state index contributed by atoms with van der Waals surface area (Å²) >= 11 is 0. The molecule has 0 radical (unpaired) electrons. The second-order valence-electron chi connectivity index (χ2n) is 6.42. The highest BCUT2D eigenvalue weighted by Gasteiger charge is 2.35. The van der Waals surface area contributed by atoms with Gasteiger partial charge in [0.25, 0.3) is 0 Å². The van der Waals surface area contributed by atoms with Gasteiger partial charge in [0.1, 0.15) is 5.75 Å². The average Bonchev–Trinajstić information content (AvgIpc) is 3.07. The van der Waals surface area contributed by atoms with Gasteiger partial charge in [-0.15, -0.1) is 0 Å². The topological polar surface area (TPSA) is 72.9 Å². The molecule has 2 aromatic carbocycles. The van der Waals surface area contributed by atoms with E-state index in [0.29, 0.717) is 24.4 Å². The Labute approximate surface area is 157 Å². The number of nitrogens with zero attached hydrogens (tertiary/aromatic N) is 1. The Morgan fingerprint density at radius 2 is 1.89 bits per heavy atom. The van der Waals surface area contributed by atoms with Crippen LogP contribution in [0.15, 0.2) is 54.6 Å². The molecule has 0 saturated carbocycles.